The molecule has 3 aromatic carbocycles. The molecule has 0 bridgehead atoms. The third-order valence-corrected chi connectivity index (χ3v) is 5.71. The largest absolute Gasteiger partial charge is 0.416 e. The zero-order chi connectivity index (χ0) is 23.8. The molecule has 5 nitrogen and oxygen atoms in total. The van der Waals surface area contributed by atoms with Crippen molar-refractivity contribution in [3.8, 4) is 0 Å². The van der Waals surface area contributed by atoms with Crippen LogP contribution in [0.2, 0.25) is 10.0 Å². The fourth-order valence-corrected chi connectivity index (χ4v) is 3.97. The van der Waals surface area contributed by atoms with E-state index in [1.807, 2.05) is 0 Å². The van der Waals surface area contributed by atoms with E-state index in [2.05, 4.69) is 15.8 Å². The van der Waals surface area contributed by atoms with Gasteiger partial charge in [-0.1, -0.05) is 41.4 Å². The summed E-state index contributed by atoms with van der Waals surface area (Å²) in [4.78, 5) is 12.3. The Bertz CT molecular complexity index is 1230. The summed E-state index contributed by atoms with van der Waals surface area (Å²) < 4.78 is 38.1. The third-order valence-electron chi connectivity index (χ3n) is 5.22. The second-order valence-electron chi connectivity index (χ2n) is 7.45. The van der Waals surface area contributed by atoms with Gasteiger partial charge in [0, 0.05) is 27.7 Å². The van der Waals surface area contributed by atoms with Crippen LogP contribution in [-0.4, -0.2) is 16.8 Å². The molecule has 3 N–H and O–H groups in total. The van der Waals surface area contributed by atoms with Crippen LogP contribution in [0, 0.1) is 0 Å². The number of carbonyl (C=O) groups excluding carboxylic acids is 1. The van der Waals surface area contributed by atoms with E-state index in [1.165, 1.54) is 0 Å². The molecule has 0 heterocycles. The van der Waals surface area contributed by atoms with E-state index >= 15 is 0 Å². The van der Waals surface area contributed by atoms with Crippen LogP contribution >= 0.6 is 23.2 Å². The first-order valence-corrected chi connectivity index (χ1v) is 10.4. The number of urea groups is 1. The van der Waals surface area contributed by atoms with E-state index < -0.39 is 23.4 Å². The van der Waals surface area contributed by atoms with E-state index in [-0.39, 0.29) is 17.8 Å². The summed E-state index contributed by atoms with van der Waals surface area (Å²) in [5.74, 6) is 0. The van der Waals surface area contributed by atoms with Crippen LogP contribution in [0.3, 0.4) is 0 Å². The molecule has 2 amide bonds. The number of halogens is 5. The highest BCUT2D eigenvalue weighted by molar-refractivity contribution is 6.31. The summed E-state index contributed by atoms with van der Waals surface area (Å²) in [7, 11) is 0. The van der Waals surface area contributed by atoms with Crippen molar-refractivity contribution in [2.45, 2.75) is 18.2 Å². The number of aliphatic hydroxyl groups is 1. The number of anilines is 1. The second kappa shape index (κ2) is 8.70. The molecular formula is C23H16Cl2F3N3O2. The Labute approximate surface area is 196 Å². The minimum absolute atomic E-state index is 0.146. The number of amides is 2. The number of fused-ring (bicyclic) bond motifs is 1. The van der Waals surface area contributed by atoms with Crippen LogP contribution in [0.4, 0.5) is 23.7 Å². The van der Waals surface area contributed by atoms with Crippen molar-refractivity contribution in [1.82, 2.24) is 5.43 Å². The summed E-state index contributed by atoms with van der Waals surface area (Å²) in [6.45, 7) is 0. The Kier molecular flexibility index (Phi) is 6.09. The maximum absolute atomic E-state index is 12.7. The Morgan fingerprint density at radius 1 is 0.970 bits per heavy atom. The van der Waals surface area contributed by atoms with E-state index in [9.17, 15) is 23.1 Å². The number of rotatable bonds is 3. The predicted octanol–water partition coefficient (Wildman–Crippen LogP) is 5.98. The van der Waals surface area contributed by atoms with Gasteiger partial charge in [0.1, 0.15) is 11.3 Å². The summed E-state index contributed by atoms with van der Waals surface area (Å²) in [6, 6.07) is 14.8. The van der Waals surface area contributed by atoms with Gasteiger partial charge in [0.25, 0.3) is 0 Å². The molecule has 0 aliphatic heterocycles. The van der Waals surface area contributed by atoms with Crippen LogP contribution in [-0.2, 0) is 18.2 Å². The molecule has 1 aliphatic carbocycles. The number of nitrogens with zero attached hydrogens (tertiary/aromatic N) is 1. The highest BCUT2D eigenvalue weighted by Crippen LogP contribution is 2.39. The summed E-state index contributed by atoms with van der Waals surface area (Å²) in [6.07, 6.45) is -4.30. The molecule has 4 rings (SSSR count). The lowest BCUT2D eigenvalue weighted by Crippen LogP contribution is -2.36. The van der Waals surface area contributed by atoms with Crippen molar-refractivity contribution in [3.05, 3.63) is 99.0 Å². The maximum Gasteiger partial charge on any atom is 0.416 e. The smallest absolute Gasteiger partial charge is 0.378 e. The average Bonchev–Trinajstić information content (AvgIpc) is 3.03. The molecule has 33 heavy (non-hydrogen) atoms. The van der Waals surface area contributed by atoms with Crippen LogP contribution in [0.25, 0.3) is 0 Å². The Balaban J connectivity index is 1.59. The number of hydrazone groups is 1. The standard InChI is InChI=1S/C23H16Cl2F3N3O2/c24-16-5-1-14(2-6-16)22(33)12-13-11-17(25)7-10-19(13)20(22)30-31-21(32)29-18-8-3-15(4-9-18)23(26,27)28/h1-11,33H,12H2,(H2,29,31,32). The number of alkyl halides is 3. The molecule has 10 heteroatoms. The van der Waals surface area contributed by atoms with Gasteiger partial charge in [0.15, 0.2) is 0 Å². The molecular weight excluding hydrogens is 478 g/mol. The number of carbonyl (C=O) groups is 1. The Hall–Kier alpha value is -3.07. The summed E-state index contributed by atoms with van der Waals surface area (Å²) in [5.41, 5.74) is 2.12. The van der Waals surface area contributed by atoms with Gasteiger partial charge < -0.3 is 10.4 Å². The van der Waals surface area contributed by atoms with E-state index in [4.69, 9.17) is 23.2 Å². The molecule has 0 saturated heterocycles. The Morgan fingerprint density at radius 2 is 1.61 bits per heavy atom. The maximum atomic E-state index is 12.7. The zero-order valence-electron chi connectivity index (χ0n) is 16.8. The van der Waals surface area contributed by atoms with E-state index in [0.717, 1.165) is 29.8 Å². The number of hydrogen-bond donors (Lipinski definition) is 3. The molecule has 0 aromatic heterocycles. The van der Waals surface area contributed by atoms with Crippen molar-refractivity contribution >= 4 is 40.6 Å². The molecule has 1 aliphatic rings. The van der Waals surface area contributed by atoms with Crippen LogP contribution in [0.1, 0.15) is 22.3 Å². The first-order chi connectivity index (χ1) is 15.6. The van der Waals surface area contributed by atoms with E-state index in [0.29, 0.717) is 21.2 Å². The zero-order valence-corrected chi connectivity index (χ0v) is 18.3. The van der Waals surface area contributed by atoms with Crippen LogP contribution in [0.5, 0.6) is 0 Å². The van der Waals surface area contributed by atoms with Gasteiger partial charge in [-0.3, -0.25) is 0 Å². The minimum atomic E-state index is -4.47. The Morgan fingerprint density at radius 3 is 2.24 bits per heavy atom. The average molecular weight is 494 g/mol. The topological polar surface area (TPSA) is 73.7 Å². The summed E-state index contributed by atoms with van der Waals surface area (Å²) >= 11 is 12.1. The van der Waals surface area contributed by atoms with Gasteiger partial charge in [-0.25, -0.2) is 10.2 Å². The molecule has 0 fully saturated rings. The molecule has 0 radical (unpaired) electrons. The quantitative estimate of drug-likeness (QED) is 0.392. The van der Waals surface area contributed by atoms with Gasteiger partial charge >= 0.3 is 12.2 Å². The fraction of sp³-hybridized carbons (Fsp3) is 0.130. The molecule has 1 atom stereocenters. The van der Waals surface area contributed by atoms with Crippen molar-refractivity contribution in [3.63, 3.8) is 0 Å². The molecule has 0 saturated carbocycles. The van der Waals surface area contributed by atoms with Crippen molar-refractivity contribution in [2.75, 3.05) is 5.32 Å². The van der Waals surface area contributed by atoms with Gasteiger partial charge in [-0.15, -0.1) is 0 Å². The predicted molar refractivity (Wildman–Crippen MR) is 121 cm³/mol. The first-order valence-electron chi connectivity index (χ1n) is 9.66. The van der Waals surface area contributed by atoms with Gasteiger partial charge in [0.05, 0.1) is 5.56 Å². The minimum Gasteiger partial charge on any atom is -0.378 e. The molecule has 1 unspecified atom stereocenters. The lowest BCUT2D eigenvalue weighted by atomic mass is 9.89. The lowest BCUT2D eigenvalue weighted by Gasteiger charge is -2.24. The normalized spacial score (nSPS) is 18.8. The first kappa shape index (κ1) is 23.1. The van der Waals surface area contributed by atoms with Gasteiger partial charge in [-0.2, -0.15) is 18.3 Å². The van der Waals surface area contributed by atoms with Crippen molar-refractivity contribution < 1.29 is 23.1 Å². The van der Waals surface area contributed by atoms with Crippen molar-refractivity contribution in [2.24, 2.45) is 5.10 Å². The van der Waals surface area contributed by atoms with Crippen LogP contribution in [0.15, 0.2) is 71.8 Å². The molecule has 0 spiro atoms. The fourth-order valence-electron chi connectivity index (χ4n) is 3.65. The number of hydrogen-bond acceptors (Lipinski definition) is 3. The third kappa shape index (κ3) is 4.83. The van der Waals surface area contributed by atoms with Crippen molar-refractivity contribution in [1.29, 1.82) is 0 Å². The number of nitrogens with one attached hydrogen (secondary N) is 2. The van der Waals surface area contributed by atoms with Gasteiger partial charge in [0.2, 0.25) is 0 Å². The van der Waals surface area contributed by atoms with Crippen LogP contribution < -0.4 is 10.7 Å². The molecule has 3 aromatic rings. The monoisotopic (exact) mass is 493 g/mol. The van der Waals surface area contributed by atoms with Gasteiger partial charge in [-0.05, 0) is 59.7 Å². The molecule has 170 valence electrons. The summed E-state index contributed by atoms with van der Waals surface area (Å²) in [5, 5.41) is 19.1. The SMILES string of the molecule is O=C(NN=C1c2ccc(Cl)cc2CC1(O)c1ccc(Cl)cc1)Nc1ccc(C(F)(F)F)cc1. The highest BCUT2D eigenvalue weighted by atomic mass is 35.5. The highest BCUT2D eigenvalue weighted by Gasteiger charge is 2.43. The second-order valence-corrected chi connectivity index (χ2v) is 8.32. The number of benzene rings is 3. The lowest BCUT2D eigenvalue weighted by molar-refractivity contribution is -0.137. The van der Waals surface area contributed by atoms with E-state index in [1.54, 1.807) is 42.5 Å².